The summed E-state index contributed by atoms with van der Waals surface area (Å²) in [5.41, 5.74) is 1.81. The molecule has 0 saturated carbocycles. The Balaban J connectivity index is 1.27. The molecule has 0 unspecified atom stereocenters. The number of para-hydroxylation sites is 1. The first kappa shape index (κ1) is 22.0. The molecule has 35 heavy (non-hydrogen) atoms. The van der Waals surface area contributed by atoms with E-state index < -0.39 is 11.7 Å². The van der Waals surface area contributed by atoms with Crippen molar-refractivity contribution in [2.45, 2.75) is 6.54 Å². The third-order valence-corrected chi connectivity index (χ3v) is 5.09. The summed E-state index contributed by atoms with van der Waals surface area (Å²) in [7, 11) is 0. The number of ether oxygens (including phenoxy) is 2. The van der Waals surface area contributed by atoms with Gasteiger partial charge in [-0.3, -0.25) is 9.59 Å². The van der Waals surface area contributed by atoms with Gasteiger partial charge in [0.1, 0.15) is 25.6 Å². The number of aromatic nitrogens is 4. The molecule has 10 nitrogen and oxygen atoms in total. The topological polar surface area (TPSA) is 120 Å². The maximum Gasteiger partial charge on any atom is 0.255 e. The molecule has 11 heteroatoms. The number of hydrogen-bond donors (Lipinski definition) is 2. The predicted molar refractivity (Wildman–Crippen MR) is 124 cm³/mol. The molecule has 0 radical (unpaired) electrons. The second-order valence-electron chi connectivity index (χ2n) is 7.56. The third-order valence-electron chi connectivity index (χ3n) is 5.09. The molecule has 0 aliphatic carbocycles. The summed E-state index contributed by atoms with van der Waals surface area (Å²) in [5, 5.41) is 17.8. The Kier molecular flexibility index (Phi) is 6.03. The number of carbonyl (C=O) groups excluding carboxylic acids is 2. The van der Waals surface area contributed by atoms with Crippen LogP contribution >= 0.6 is 0 Å². The van der Waals surface area contributed by atoms with Crippen molar-refractivity contribution in [2.24, 2.45) is 0 Å². The fourth-order valence-corrected chi connectivity index (χ4v) is 3.45. The maximum absolute atomic E-state index is 13.1. The number of nitrogens with one attached hydrogen (secondary N) is 2. The molecule has 0 atom stereocenters. The first-order valence-electron chi connectivity index (χ1n) is 10.7. The second kappa shape index (κ2) is 9.59. The molecule has 2 heterocycles. The molecular weight excluding hydrogens is 455 g/mol. The van der Waals surface area contributed by atoms with E-state index in [2.05, 4.69) is 26.0 Å². The van der Waals surface area contributed by atoms with Crippen molar-refractivity contribution in [3.05, 3.63) is 78.1 Å². The molecule has 0 saturated heterocycles. The summed E-state index contributed by atoms with van der Waals surface area (Å²) in [4.78, 5) is 26.2. The highest BCUT2D eigenvalue weighted by atomic mass is 19.1. The molecule has 5 rings (SSSR count). The van der Waals surface area contributed by atoms with Gasteiger partial charge in [0.15, 0.2) is 11.5 Å². The fraction of sp³-hybridized carbons (Fsp3) is 0.125. The first-order chi connectivity index (χ1) is 17.0. The lowest BCUT2D eigenvalue weighted by Crippen LogP contribution is -2.21. The van der Waals surface area contributed by atoms with Crippen molar-refractivity contribution in [3.8, 4) is 22.9 Å². The van der Waals surface area contributed by atoms with Gasteiger partial charge in [-0.15, -0.1) is 10.2 Å². The van der Waals surface area contributed by atoms with Gasteiger partial charge in [-0.25, -0.2) is 4.39 Å². The number of amides is 2. The van der Waals surface area contributed by atoms with Crippen molar-refractivity contribution in [1.29, 1.82) is 0 Å². The van der Waals surface area contributed by atoms with Crippen molar-refractivity contribution >= 4 is 23.2 Å². The molecule has 3 aromatic carbocycles. The standard InChI is InChI=1S/C24H19FN6O4/c25-16-7-5-15(6-8-16)24(33)27-19-4-2-1-3-18(19)23-28-30-31(29-23)14-22(32)26-17-9-10-20-21(13-17)35-12-11-34-20/h1-10,13H,11-12,14H2,(H,26,32)(H,27,33). The number of anilines is 2. The normalized spacial score (nSPS) is 12.1. The number of fused-ring (bicyclic) bond motifs is 1. The highest BCUT2D eigenvalue weighted by Gasteiger charge is 2.16. The number of tetrazole rings is 1. The van der Waals surface area contributed by atoms with Crippen molar-refractivity contribution in [2.75, 3.05) is 23.8 Å². The Bertz CT molecular complexity index is 1390. The quantitative estimate of drug-likeness (QED) is 0.440. The van der Waals surface area contributed by atoms with Gasteiger partial charge in [0.2, 0.25) is 11.7 Å². The highest BCUT2D eigenvalue weighted by Crippen LogP contribution is 2.32. The monoisotopic (exact) mass is 474 g/mol. The van der Waals surface area contributed by atoms with E-state index in [0.717, 1.165) is 4.80 Å². The zero-order valence-corrected chi connectivity index (χ0v) is 18.3. The van der Waals surface area contributed by atoms with Gasteiger partial charge in [-0.1, -0.05) is 12.1 Å². The Labute approximate surface area is 198 Å². The second-order valence-corrected chi connectivity index (χ2v) is 7.56. The number of rotatable bonds is 6. The Morgan fingerprint density at radius 2 is 1.71 bits per heavy atom. The van der Waals surface area contributed by atoms with Crippen molar-refractivity contribution < 1.29 is 23.5 Å². The molecule has 2 amide bonds. The average Bonchev–Trinajstić information content (AvgIpc) is 3.32. The molecule has 1 aliphatic rings. The van der Waals surface area contributed by atoms with Crippen LogP contribution in [0.2, 0.25) is 0 Å². The number of nitrogens with zero attached hydrogens (tertiary/aromatic N) is 4. The minimum atomic E-state index is -0.430. The van der Waals surface area contributed by atoms with Gasteiger partial charge in [0.05, 0.1) is 5.69 Å². The molecule has 1 aliphatic heterocycles. The molecule has 4 aromatic rings. The van der Waals surface area contributed by atoms with Crippen LogP contribution in [-0.4, -0.2) is 45.2 Å². The predicted octanol–water partition coefficient (Wildman–Crippen LogP) is 3.14. The van der Waals surface area contributed by atoms with E-state index in [0.29, 0.717) is 47.2 Å². The zero-order chi connectivity index (χ0) is 24.2. The number of carbonyl (C=O) groups is 2. The highest BCUT2D eigenvalue weighted by molar-refractivity contribution is 6.06. The minimum Gasteiger partial charge on any atom is -0.486 e. The third kappa shape index (κ3) is 5.08. The van der Waals surface area contributed by atoms with Gasteiger partial charge < -0.3 is 20.1 Å². The van der Waals surface area contributed by atoms with Gasteiger partial charge in [-0.05, 0) is 53.7 Å². The largest absolute Gasteiger partial charge is 0.486 e. The molecular formula is C24H19FN6O4. The first-order valence-corrected chi connectivity index (χ1v) is 10.7. The van der Waals surface area contributed by atoms with Crippen LogP contribution in [0, 0.1) is 5.82 Å². The van der Waals surface area contributed by atoms with Gasteiger partial charge in [-0.2, -0.15) is 4.80 Å². The lowest BCUT2D eigenvalue weighted by Gasteiger charge is -2.18. The summed E-state index contributed by atoms with van der Waals surface area (Å²) in [6.07, 6.45) is 0. The van der Waals surface area contributed by atoms with E-state index >= 15 is 0 Å². The zero-order valence-electron chi connectivity index (χ0n) is 18.3. The summed E-state index contributed by atoms with van der Waals surface area (Å²) in [6.45, 7) is 0.755. The van der Waals surface area contributed by atoms with E-state index in [9.17, 15) is 14.0 Å². The molecule has 0 fully saturated rings. The number of benzene rings is 3. The van der Waals surface area contributed by atoms with Gasteiger partial charge in [0.25, 0.3) is 5.91 Å². The Morgan fingerprint density at radius 1 is 0.943 bits per heavy atom. The molecule has 0 bridgehead atoms. The van der Waals surface area contributed by atoms with Gasteiger partial charge in [0, 0.05) is 22.9 Å². The van der Waals surface area contributed by atoms with E-state index in [1.165, 1.54) is 24.3 Å². The lowest BCUT2D eigenvalue weighted by atomic mass is 10.1. The van der Waals surface area contributed by atoms with Gasteiger partial charge >= 0.3 is 0 Å². The summed E-state index contributed by atoms with van der Waals surface area (Å²) < 4.78 is 24.1. The van der Waals surface area contributed by atoms with Crippen LogP contribution in [0.25, 0.3) is 11.4 Å². The van der Waals surface area contributed by atoms with Crippen LogP contribution in [0.5, 0.6) is 11.5 Å². The van der Waals surface area contributed by atoms with Crippen LogP contribution < -0.4 is 20.1 Å². The summed E-state index contributed by atoms with van der Waals surface area (Å²) in [6, 6.07) is 17.2. The molecule has 0 spiro atoms. The van der Waals surface area contributed by atoms with Crippen molar-refractivity contribution in [1.82, 2.24) is 20.2 Å². The summed E-state index contributed by atoms with van der Waals surface area (Å²) in [5.74, 6) is 0.219. The SMILES string of the molecule is O=C(Cn1nnc(-c2ccccc2NC(=O)c2ccc(F)cc2)n1)Nc1ccc2c(c1)OCCO2. The lowest BCUT2D eigenvalue weighted by molar-refractivity contribution is -0.117. The van der Waals surface area contributed by atoms with E-state index in [-0.39, 0.29) is 18.3 Å². The molecule has 176 valence electrons. The van der Waals surface area contributed by atoms with Crippen LogP contribution in [0.4, 0.5) is 15.8 Å². The fourth-order valence-electron chi connectivity index (χ4n) is 3.45. The van der Waals surface area contributed by atoms with E-state index in [1.807, 2.05) is 0 Å². The average molecular weight is 474 g/mol. The maximum atomic E-state index is 13.1. The van der Waals surface area contributed by atoms with Crippen LogP contribution in [0.3, 0.4) is 0 Å². The number of halogens is 1. The van der Waals surface area contributed by atoms with Crippen LogP contribution in [0.15, 0.2) is 66.7 Å². The smallest absolute Gasteiger partial charge is 0.255 e. The minimum absolute atomic E-state index is 0.175. The van der Waals surface area contributed by atoms with Crippen LogP contribution in [-0.2, 0) is 11.3 Å². The Morgan fingerprint density at radius 3 is 2.54 bits per heavy atom. The molecule has 1 aromatic heterocycles. The van der Waals surface area contributed by atoms with Crippen LogP contribution in [0.1, 0.15) is 10.4 Å². The van der Waals surface area contributed by atoms with E-state index in [1.54, 1.807) is 42.5 Å². The summed E-state index contributed by atoms with van der Waals surface area (Å²) >= 11 is 0. The Hall–Kier alpha value is -4.80. The van der Waals surface area contributed by atoms with E-state index in [4.69, 9.17) is 9.47 Å². The molecule has 2 N–H and O–H groups in total. The number of hydrogen-bond acceptors (Lipinski definition) is 7. The van der Waals surface area contributed by atoms with Crippen molar-refractivity contribution in [3.63, 3.8) is 0 Å².